The zero-order valence-corrected chi connectivity index (χ0v) is 21.0. The van der Waals surface area contributed by atoms with Crippen molar-refractivity contribution >= 4 is 11.9 Å². The van der Waals surface area contributed by atoms with Crippen LogP contribution in [0.15, 0.2) is 30.6 Å². The highest BCUT2D eigenvalue weighted by Gasteiger charge is 2.38. The van der Waals surface area contributed by atoms with Crippen molar-refractivity contribution in [3.8, 4) is 0 Å². The number of carboxylic acids is 2. The van der Waals surface area contributed by atoms with Gasteiger partial charge in [0, 0.05) is 63.3 Å². The van der Waals surface area contributed by atoms with Gasteiger partial charge in [0.2, 0.25) is 0 Å². The van der Waals surface area contributed by atoms with Crippen LogP contribution in [0.5, 0.6) is 0 Å². The molecule has 0 aliphatic carbocycles. The van der Waals surface area contributed by atoms with E-state index in [4.69, 9.17) is 24.5 Å². The predicted molar refractivity (Wildman–Crippen MR) is 123 cm³/mol. The summed E-state index contributed by atoms with van der Waals surface area (Å²) in [4.78, 5) is 32.1. The Hall–Kier alpha value is -3.24. The van der Waals surface area contributed by atoms with E-state index in [1.54, 1.807) is 0 Å². The normalized spacial score (nSPS) is 18.5. The molecule has 0 amide bonds. The smallest absolute Gasteiger partial charge is 0.475 e. The van der Waals surface area contributed by atoms with Crippen molar-refractivity contribution in [1.29, 1.82) is 0 Å². The molecule has 2 aliphatic heterocycles. The van der Waals surface area contributed by atoms with Gasteiger partial charge in [0.15, 0.2) is 0 Å². The summed E-state index contributed by atoms with van der Waals surface area (Å²) in [6.07, 6.45) is -6.12. The number of imidazole rings is 1. The molecule has 2 aromatic heterocycles. The predicted octanol–water partition coefficient (Wildman–Crippen LogP) is 2.82. The molecule has 2 aliphatic rings. The first-order valence-corrected chi connectivity index (χ1v) is 11.7. The number of fused-ring (bicyclic) bond motifs is 1. The fourth-order valence-electron chi connectivity index (χ4n) is 3.92. The second kappa shape index (κ2) is 14.2. The number of carboxylic acid groups (broad SMARTS) is 2. The molecule has 1 atom stereocenters. The first-order chi connectivity index (χ1) is 18.1. The van der Waals surface area contributed by atoms with Gasteiger partial charge in [-0.05, 0) is 19.1 Å². The number of pyridine rings is 1. The maximum absolute atomic E-state index is 10.6. The summed E-state index contributed by atoms with van der Waals surface area (Å²) in [6.45, 7) is 10.9. The first-order valence-electron chi connectivity index (χ1n) is 11.7. The van der Waals surface area contributed by atoms with E-state index in [0.717, 1.165) is 76.2 Å². The Morgan fingerprint density at radius 2 is 1.59 bits per heavy atom. The monoisotopic (exact) mass is 569 g/mol. The van der Waals surface area contributed by atoms with Crippen LogP contribution in [0.3, 0.4) is 0 Å². The van der Waals surface area contributed by atoms with E-state index >= 15 is 0 Å². The second-order valence-corrected chi connectivity index (χ2v) is 8.82. The maximum atomic E-state index is 10.6. The molecule has 218 valence electrons. The number of rotatable bonds is 4. The average Bonchev–Trinajstić information content (AvgIpc) is 3.18. The number of hydrogen-bond donors (Lipinski definition) is 2. The number of ether oxygens (including phenoxy) is 1. The third-order valence-corrected chi connectivity index (χ3v) is 5.57. The van der Waals surface area contributed by atoms with E-state index in [-0.39, 0.29) is 0 Å². The maximum Gasteiger partial charge on any atom is 0.490 e. The minimum Gasteiger partial charge on any atom is -0.475 e. The van der Waals surface area contributed by atoms with Crippen LogP contribution in [0.4, 0.5) is 26.3 Å². The van der Waals surface area contributed by atoms with Crippen molar-refractivity contribution < 1.29 is 50.9 Å². The average molecular weight is 570 g/mol. The molecule has 1 fully saturated rings. The van der Waals surface area contributed by atoms with Crippen LogP contribution in [-0.2, 0) is 34.0 Å². The second-order valence-electron chi connectivity index (χ2n) is 8.82. The van der Waals surface area contributed by atoms with Gasteiger partial charge in [-0.25, -0.2) is 14.6 Å². The minimum atomic E-state index is -5.08. The van der Waals surface area contributed by atoms with Crippen molar-refractivity contribution in [2.24, 2.45) is 5.92 Å². The number of halogens is 6. The van der Waals surface area contributed by atoms with Crippen LogP contribution in [0.1, 0.15) is 17.2 Å². The molecule has 10 nitrogen and oxygen atoms in total. The number of carbonyl (C=O) groups is 2. The standard InChI is InChI=1S/C19H27N5O.2C2HF3O2/c1-16-3-2-4-18(21-16)14-23-12-17(11-22-7-9-25-10-8-22)13-24-6-5-20-19(24)15-23;2*3-2(4,5)1(6)7/h2-6,17H,7-15H2,1H3;2*(H,6,7). The highest BCUT2D eigenvalue weighted by atomic mass is 19.4. The Bertz CT molecular complexity index is 1050. The molecule has 4 rings (SSSR count). The number of aromatic nitrogens is 3. The molecule has 1 unspecified atom stereocenters. The van der Waals surface area contributed by atoms with Crippen LogP contribution in [-0.4, -0.2) is 98.2 Å². The van der Waals surface area contributed by atoms with Crippen LogP contribution in [0.25, 0.3) is 0 Å². The molecular weight excluding hydrogens is 540 g/mol. The van der Waals surface area contributed by atoms with Gasteiger partial charge in [0.05, 0.1) is 25.5 Å². The zero-order chi connectivity index (χ0) is 29.2. The van der Waals surface area contributed by atoms with Gasteiger partial charge in [0.25, 0.3) is 0 Å². The molecule has 1 saturated heterocycles. The largest absolute Gasteiger partial charge is 0.490 e. The molecule has 0 aromatic carbocycles. The first kappa shape index (κ1) is 32.0. The molecule has 2 N–H and O–H groups in total. The third-order valence-electron chi connectivity index (χ3n) is 5.57. The highest BCUT2D eigenvalue weighted by molar-refractivity contribution is 5.73. The number of aliphatic carboxylic acids is 2. The van der Waals surface area contributed by atoms with E-state index in [2.05, 4.69) is 55.7 Å². The molecule has 4 heterocycles. The Morgan fingerprint density at radius 1 is 1.00 bits per heavy atom. The highest BCUT2D eigenvalue weighted by Crippen LogP contribution is 2.19. The molecule has 0 bridgehead atoms. The fourth-order valence-corrected chi connectivity index (χ4v) is 3.92. The number of alkyl halides is 6. The molecule has 16 heteroatoms. The summed E-state index contributed by atoms with van der Waals surface area (Å²) >= 11 is 0. The SMILES string of the molecule is Cc1cccc(CN2Cc3nccn3CC(CN3CCOCC3)C2)n1.O=C(O)C(F)(F)F.O=C(O)C(F)(F)F. The lowest BCUT2D eigenvalue weighted by Gasteiger charge is -2.31. The quantitative estimate of drug-likeness (QED) is 0.536. The van der Waals surface area contributed by atoms with E-state index in [1.165, 1.54) is 0 Å². The Balaban J connectivity index is 0.000000317. The third kappa shape index (κ3) is 11.6. The van der Waals surface area contributed by atoms with Gasteiger partial charge >= 0.3 is 24.3 Å². The lowest BCUT2D eigenvalue weighted by molar-refractivity contribution is -0.193. The Labute approximate surface area is 219 Å². The molecule has 0 spiro atoms. The molecule has 0 radical (unpaired) electrons. The topological polar surface area (TPSA) is 121 Å². The van der Waals surface area contributed by atoms with Crippen LogP contribution < -0.4 is 0 Å². The molecule has 39 heavy (non-hydrogen) atoms. The summed E-state index contributed by atoms with van der Waals surface area (Å²) in [7, 11) is 0. The van der Waals surface area contributed by atoms with Crippen molar-refractivity contribution in [3.63, 3.8) is 0 Å². The zero-order valence-electron chi connectivity index (χ0n) is 21.0. The minimum absolute atomic E-state index is 0.596. The van der Waals surface area contributed by atoms with Gasteiger partial charge < -0.3 is 19.5 Å². The van der Waals surface area contributed by atoms with Crippen molar-refractivity contribution in [2.45, 2.75) is 38.9 Å². The van der Waals surface area contributed by atoms with Gasteiger partial charge in [-0.2, -0.15) is 26.3 Å². The molecule has 0 saturated carbocycles. The van der Waals surface area contributed by atoms with E-state index < -0.39 is 24.3 Å². The number of aryl methyl sites for hydroxylation is 1. The van der Waals surface area contributed by atoms with E-state index in [0.29, 0.717) is 5.92 Å². The fraction of sp³-hybridized carbons (Fsp3) is 0.565. The van der Waals surface area contributed by atoms with Gasteiger partial charge in [-0.1, -0.05) is 6.07 Å². The summed E-state index contributed by atoms with van der Waals surface area (Å²) in [6, 6.07) is 6.28. The summed E-state index contributed by atoms with van der Waals surface area (Å²) in [5, 5.41) is 14.2. The van der Waals surface area contributed by atoms with Crippen LogP contribution in [0, 0.1) is 12.8 Å². The Kier molecular flexibility index (Phi) is 11.7. The van der Waals surface area contributed by atoms with Gasteiger partial charge in [-0.15, -0.1) is 0 Å². The van der Waals surface area contributed by atoms with Crippen molar-refractivity contribution in [1.82, 2.24) is 24.3 Å². The summed E-state index contributed by atoms with van der Waals surface area (Å²) < 4.78 is 71.3. The van der Waals surface area contributed by atoms with Crippen molar-refractivity contribution in [3.05, 3.63) is 47.8 Å². The molecule has 2 aromatic rings. The summed E-state index contributed by atoms with van der Waals surface area (Å²) in [5.41, 5.74) is 2.23. The lowest BCUT2D eigenvalue weighted by atomic mass is 10.1. The van der Waals surface area contributed by atoms with Crippen LogP contribution in [0.2, 0.25) is 0 Å². The number of nitrogens with zero attached hydrogens (tertiary/aromatic N) is 5. The number of morpholine rings is 1. The summed E-state index contributed by atoms with van der Waals surface area (Å²) in [5.74, 6) is -3.75. The number of hydrogen-bond acceptors (Lipinski definition) is 7. The van der Waals surface area contributed by atoms with Crippen molar-refractivity contribution in [2.75, 3.05) is 39.4 Å². The van der Waals surface area contributed by atoms with Crippen LogP contribution >= 0.6 is 0 Å². The van der Waals surface area contributed by atoms with Gasteiger partial charge in [0.1, 0.15) is 5.82 Å². The Morgan fingerprint density at radius 3 is 2.13 bits per heavy atom. The van der Waals surface area contributed by atoms with E-state index in [9.17, 15) is 26.3 Å². The lowest BCUT2D eigenvalue weighted by Crippen LogP contribution is -2.42. The van der Waals surface area contributed by atoms with Gasteiger partial charge in [-0.3, -0.25) is 14.8 Å². The van der Waals surface area contributed by atoms with E-state index in [1.807, 2.05) is 6.20 Å². The molecular formula is C23H29F6N5O5.